The summed E-state index contributed by atoms with van der Waals surface area (Å²) >= 11 is 5.98. The quantitative estimate of drug-likeness (QED) is 0.811. The van der Waals surface area contributed by atoms with E-state index < -0.39 is 18.9 Å². The lowest BCUT2D eigenvalue weighted by Crippen LogP contribution is -2.31. The first kappa shape index (κ1) is 15.0. The molecule has 110 valence electrons. The van der Waals surface area contributed by atoms with Crippen LogP contribution in [0.3, 0.4) is 0 Å². The number of amides is 1. The zero-order valence-electron chi connectivity index (χ0n) is 11.0. The molecule has 7 heteroatoms. The average molecular weight is 305 g/mol. The minimum absolute atomic E-state index is 0.164. The van der Waals surface area contributed by atoms with Gasteiger partial charge in [0.1, 0.15) is 5.02 Å². The van der Waals surface area contributed by atoms with Crippen molar-refractivity contribution >= 4 is 17.5 Å². The van der Waals surface area contributed by atoms with Crippen molar-refractivity contribution in [2.24, 2.45) is 5.92 Å². The van der Waals surface area contributed by atoms with E-state index in [-0.39, 0.29) is 16.5 Å². The number of carbonyl (C=O) groups is 1. The Morgan fingerprint density at radius 1 is 1.60 bits per heavy atom. The Morgan fingerprint density at radius 3 is 2.85 bits per heavy atom. The molecule has 1 aliphatic rings. The van der Waals surface area contributed by atoms with Gasteiger partial charge in [-0.05, 0) is 24.8 Å². The highest BCUT2D eigenvalue weighted by Gasteiger charge is 2.23. The van der Waals surface area contributed by atoms with Crippen LogP contribution in [0.15, 0.2) is 12.3 Å². The van der Waals surface area contributed by atoms with E-state index in [1.165, 1.54) is 19.3 Å². The van der Waals surface area contributed by atoms with Gasteiger partial charge in [-0.25, -0.2) is 13.8 Å². The first-order valence-electron chi connectivity index (χ1n) is 6.29. The number of rotatable bonds is 6. The van der Waals surface area contributed by atoms with Gasteiger partial charge in [-0.2, -0.15) is 0 Å². The molecular weight excluding hydrogens is 290 g/mol. The molecule has 0 aromatic carbocycles. The highest BCUT2D eigenvalue weighted by molar-refractivity contribution is 6.32. The summed E-state index contributed by atoms with van der Waals surface area (Å²) in [7, 11) is 1.31. The lowest BCUT2D eigenvalue weighted by atomic mass is 10.2. The van der Waals surface area contributed by atoms with E-state index in [1.54, 1.807) is 0 Å². The van der Waals surface area contributed by atoms with Crippen LogP contribution < -0.4 is 4.74 Å². The second-order valence-corrected chi connectivity index (χ2v) is 5.25. The van der Waals surface area contributed by atoms with E-state index in [0.717, 1.165) is 17.7 Å². The van der Waals surface area contributed by atoms with E-state index in [2.05, 4.69) is 4.98 Å². The van der Waals surface area contributed by atoms with Gasteiger partial charge in [0.15, 0.2) is 0 Å². The van der Waals surface area contributed by atoms with Gasteiger partial charge in [0.2, 0.25) is 5.88 Å². The molecule has 1 fully saturated rings. The number of pyridine rings is 1. The number of hydrogen-bond acceptors (Lipinski definition) is 3. The molecular formula is C13H15ClF2N2O2. The van der Waals surface area contributed by atoms with Gasteiger partial charge >= 0.3 is 0 Å². The maximum absolute atomic E-state index is 12.2. The monoisotopic (exact) mass is 304 g/mol. The highest BCUT2D eigenvalue weighted by atomic mass is 35.5. The van der Waals surface area contributed by atoms with Crippen LogP contribution in [0.2, 0.25) is 5.02 Å². The van der Waals surface area contributed by atoms with E-state index >= 15 is 0 Å². The van der Waals surface area contributed by atoms with Gasteiger partial charge in [0.25, 0.3) is 12.3 Å². The third-order valence-electron chi connectivity index (χ3n) is 2.97. The van der Waals surface area contributed by atoms with Gasteiger partial charge < -0.3 is 9.64 Å². The van der Waals surface area contributed by atoms with Crippen molar-refractivity contribution in [1.29, 1.82) is 0 Å². The molecule has 4 nitrogen and oxygen atoms in total. The minimum Gasteiger partial charge on any atom is -0.476 e. The highest BCUT2D eigenvalue weighted by Crippen LogP contribution is 2.31. The summed E-state index contributed by atoms with van der Waals surface area (Å²) in [6.45, 7) is -0.0678. The lowest BCUT2D eigenvalue weighted by Gasteiger charge is -2.16. The molecule has 1 heterocycles. The molecule has 1 saturated carbocycles. The Kier molecular flexibility index (Phi) is 4.75. The molecule has 0 unspecified atom stereocenters. The van der Waals surface area contributed by atoms with E-state index in [9.17, 15) is 13.6 Å². The summed E-state index contributed by atoms with van der Waals surface area (Å²) in [6, 6.07) is 1.39. The smallest absolute Gasteiger partial charge is 0.255 e. The minimum atomic E-state index is -2.58. The summed E-state index contributed by atoms with van der Waals surface area (Å²) < 4.78 is 29.9. The van der Waals surface area contributed by atoms with Crippen molar-refractivity contribution < 1.29 is 18.3 Å². The standard InChI is InChI=1S/C13H15ClF2N2O2/c1-18(6-11(15)16)13(19)9-4-10(14)12(17-5-9)20-7-8-2-3-8/h4-5,8,11H,2-3,6-7H2,1H3. The topological polar surface area (TPSA) is 42.4 Å². The van der Waals surface area contributed by atoms with E-state index in [0.29, 0.717) is 12.5 Å². The predicted octanol–water partition coefficient (Wildman–Crippen LogP) is 2.86. The number of ether oxygens (including phenoxy) is 1. The van der Waals surface area contributed by atoms with Crippen LogP contribution in [0.25, 0.3) is 0 Å². The van der Waals surface area contributed by atoms with Crippen molar-refractivity contribution in [2.75, 3.05) is 20.2 Å². The fourth-order valence-corrected chi connectivity index (χ4v) is 1.86. The first-order valence-corrected chi connectivity index (χ1v) is 6.67. The third-order valence-corrected chi connectivity index (χ3v) is 3.24. The summed E-state index contributed by atoms with van der Waals surface area (Å²) in [5.41, 5.74) is 0.164. The number of hydrogen-bond donors (Lipinski definition) is 0. The normalized spacial score (nSPS) is 14.4. The lowest BCUT2D eigenvalue weighted by molar-refractivity contribution is 0.0620. The summed E-state index contributed by atoms with van der Waals surface area (Å²) in [4.78, 5) is 16.8. The molecule has 0 saturated heterocycles. The second-order valence-electron chi connectivity index (χ2n) is 4.84. The molecule has 1 aromatic rings. The van der Waals surface area contributed by atoms with Crippen molar-refractivity contribution in [3.05, 3.63) is 22.8 Å². The van der Waals surface area contributed by atoms with Gasteiger partial charge in [-0.15, -0.1) is 0 Å². The van der Waals surface area contributed by atoms with Crippen LogP contribution in [-0.2, 0) is 0 Å². The van der Waals surface area contributed by atoms with E-state index in [1.807, 2.05) is 0 Å². The molecule has 0 aliphatic heterocycles. The Labute approximate surface area is 120 Å². The van der Waals surface area contributed by atoms with Crippen LogP contribution in [0.1, 0.15) is 23.2 Å². The molecule has 2 rings (SSSR count). The molecule has 1 amide bonds. The van der Waals surface area contributed by atoms with Crippen LogP contribution in [0.4, 0.5) is 8.78 Å². The molecule has 20 heavy (non-hydrogen) atoms. The number of halogens is 3. The van der Waals surface area contributed by atoms with Crippen molar-refractivity contribution in [1.82, 2.24) is 9.88 Å². The van der Waals surface area contributed by atoms with Crippen LogP contribution >= 0.6 is 11.6 Å². The van der Waals surface area contributed by atoms with Gasteiger partial charge in [-0.3, -0.25) is 4.79 Å². The number of alkyl halides is 2. The average Bonchev–Trinajstić information content (AvgIpc) is 3.19. The molecule has 0 atom stereocenters. The first-order chi connectivity index (χ1) is 9.47. The fourth-order valence-electron chi connectivity index (χ4n) is 1.64. The van der Waals surface area contributed by atoms with E-state index in [4.69, 9.17) is 16.3 Å². The fraction of sp³-hybridized carbons (Fsp3) is 0.538. The molecule has 0 spiro atoms. The van der Waals surface area contributed by atoms with Crippen LogP contribution in [0.5, 0.6) is 5.88 Å². The molecule has 1 aliphatic carbocycles. The summed E-state index contributed by atoms with van der Waals surface area (Å²) in [5.74, 6) is 0.284. The number of aromatic nitrogens is 1. The molecule has 0 radical (unpaired) electrons. The van der Waals surface area contributed by atoms with Crippen LogP contribution in [0, 0.1) is 5.92 Å². The Balaban J connectivity index is 2.01. The van der Waals surface area contributed by atoms with Crippen molar-refractivity contribution in [3.63, 3.8) is 0 Å². The second kappa shape index (κ2) is 6.35. The van der Waals surface area contributed by atoms with Crippen molar-refractivity contribution in [3.8, 4) is 5.88 Å². The van der Waals surface area contributed by atoms with Gasteiger partial charge in [0.05, 0.1) is 18.7 Å². The summed E-state index contributed by atoms with van der Waals surface area (Å²) in [6.07, 6.45) is 1.01. The SMILES string of the molecule is CN(CC(F)F)C(=O)c1cnc(OCC2CC2)c(Cl)c1. The molecule has 0 bridgehead atoms. The zero-order valence-corrected chi connectivity index (χ0v) is 11.7. The number of nitrogens with zero attached hydrogens (tertiary/aromatic N) is 2. The summed E-state index contributed by atoms with van der Waals surface area (Å²) in [5, 5.41) is 0.210. The maximum Gasteiger partial charge on any atom is 0.255 e. The third kappa shape index (κ3) is 4.03. The Hall–Kier alpha value is -1.43. The zero-order chi connectivity index (χ0) is 14.7. The largest absolute Gasteiger partial charge is 0.476 e. The Morgan fingerprint density at radius 2 is 2.30 bits per heavy atom. The molecule has 1 aromatic heterocycles. The van der Waals surface area contributed by atoms with Gasteiger partial charge in [0, 0.05) is 13.2 Å². The maximum atomic E-state index is 12.2. The Bertz CT molecular complexity index is 495. The molecule has 0 N–H and O–H groups in total. The van der Waals surface area contributed by atoms with Crippen molar-refractivity contribution in [2.45, 2.75) is 19.3 Å². The van der Waals surface area contributed by atoms with Crippen LogP contribution in [-0.4, -0.2) is 42.4 Å². The number of carbonyl (C=O) groups excluding carboxylic acids is 1. The van der Waals surface area contributed by atoms with Gasteiger partial charge in [-0.1, -0.05) is 11.6 Å². The predicted molar refractivity (Wildman–Crippen MR) is 70.4 cm³/mol.